The van der Waals surface area contributed by atoms with Crippen LogP contribution in [0.15, 0.2) is 24.3 Å². The van der Waals surface area contributed by atoms with Gasteiger partial charge in [-0.3, -0.25) is 4.68 Å². The van der Waals surface area contributed by atoms with Crippen LogP contribution in [0.2, 0.25) is 5.02 Å². The van der Waals surface area contributed by atoms with Crippen molar-refractivity contribution in [3.05, 3.63) is 51.8 Å². The van der Waals surface area contributed by atoms with E-state index in [1.807, 2.05) is 18.2 Å². The van der Waals surface area contributed by atoms with Gasteiger partial charge in [0, 0.05) is 49.0 Å². The largest absolute Gasteiger partial charge is 0.312 e. The fourth-order valence-electron chi connectivity index (χ4n) is 3.64. The number of aromatic nitrogens is 2. The molecule has 0 amide bonds. The minimum atomic E-state index is 0.718. The number of piperazine rings is 1. The van der Waals surface area contributed by atoms with Crippen molar-refractivity contribution in [3.63, 3.8) is 0 Å². The van der Waals surface area contributed by atoms with Gasteiger partial charge in [-0.05, 0) is 52.0 Å². The predicted octanol–water partition coefficient (Wildman–Crippen LogP) is 2.93. The van der Waals surface area contributed by atoms with Gasteiger partial charge < -0.3 is 15.1 Å². The highest BCUT2D eigenvalue weighted by Crippen LogP contribution is 2.19. The summed E-state index contributed by atoms with van der Waals surface area (Å²) in [6.07, 6.45) is 1.19. The van der Waals surface area contributed by atoms with Gasteiger partial charge >= 0.3 is 0 Å². The standard InChI is InChI=1S/C21H32ClN5/c1-17-20(15-23-9-6-10-26-13-11-25(3)12-14-26)18(2)27(24-17)16-19-7-4-5-8-21(19)22/h4-5,7-8,23H,6,9-16H2,1-3H3. The van der Waals surface area contributed by atoms with Crippen molar-refractivity contribution < 1.29 is 0 Å². The van der Waals surface area contributed by atoms with Gasteiger partial charge in [0.1, 0.15) is 0 Å². The Bertz CT molecular complexity index is 734. The van der Waals surface area contributed by atoms with Crippen molar-refractivity contribution in [1.82, 2.24) is 24.9 Å². The number of nitrogens with zero attached hydrogens (tertiary/aromatic N) is 4. The SMILES string of the molecule is Cc1nn(Cc2ccccc2Cl)c(C)c1CNCCCN1CCN(C)CC1. The van der Waals surface area contributed by atoms with Crippen molar-refractivity contribution in [2.75, 3.05) is 46.3 Å². The van der Waals surface area contributed by atoms with E-state index in [1.165, 1.54) is 50.4 Å². The zero-order chi connectivity index (χ0) is 19.2. The second-order valence-corrected chi connectivity index (χ2v) is 7.98. The number of aryl methyl sites for hydroxylation is 1. The van der Waals surface area contributed by atoms with Crippen LogP contribution >= 0.6 is 11.6 Å². The lowest BCUT2D eigenvalue weighted by Gasteiger charge is -2.32. The van der Waals surface area contributed by atoms with E-state index in [9.17, 15) is 0 Å². The van der Waals surface area contributed by atoms with E-state index in [-0.39, 0.29) is 0 Å². The average Bonchev–Trinajstić information content (AvgIpc) is 2.92. The van der Waals surface area contributed by atoms with Crippen LogP contribution in [0.1, 0.15) is 28.9 Å². The van der Waals surface area contributed by atoms with E-state index in [2.05, 4.69) is 46.8 Å². The molecular formula is C21H32ClN5. The molecule has 5 nitrogen and oxygen atoms in total. The summed E-state index contributed by atoms with van der Waals surface area (Å²) in [5.41, 5.74) is 4.74. The quantitative estimate of drug-likeness (QED) is 0.704. The first-order valence-corrected chi connectivity index (χ1v) is 10.3. The Morgan fingerprint density at radius 2 is 1.85 bits per heavy atom. The third kappa shape index (κ3) is 5.55. The predicted molar refractivity (Wildman–Crippen MR) is 113 cm³/mol. The van der Waals surface area contributed by atoms with E-state index >= 15 is 0 Å². The first-order chi connectivity index (χ1) is 13.0. The fourth-order valence-corrected chi connectivity index (χ4v) is 3.84. The summed E-state index contributed by atoms with van der Waals surface area (Å²) in [4.78, 5) is 4.97. The first kappa shape index (κ1) is 20.3. The smallest absolute Gasteiger partial charge is 0.0677 e. The van der Waals surface area contributed by atoms with Crippen molar-refractivity contribution in [2.45, 2.75) is 33.4 Å². The zero-order valence-electron chi connectivity index (χ0n) is 16.8. The Hall–Kier alpha value is -1.40. The maximum atomic E-state index is 6.30. The molecule has 0 saturated carbocycles. The number of benzene rings is 1. The van der Waals surface area contributed by atoms with Gasteiger partial charge in [0.25, 0.3) is 0 Å². The number of halogens is 1. The van der Waals surface area contributed by atoms with Crippen molar-refractivity contribution in [1.29, 1.82) is 0 Å². The lowest BCUT2D eigenvalue weighted by molar-refractivity contribution is 0.152. The van der Waals surface area contributed by atoms with Gasteiger partial charge in [-0.1, -0.05) is 29.8 Å². The second kappa shape index (κ2) is 9.69. The fraction of sp³-hybridized carbons (Fsp3) is 0.571. The molecule has 2 aromatic rings. The monoisotopic (exact) mass is 389 g/mol. The van der Waals surface area contributed by atoms with Crippen LogP contribution in [0.25, 0.3) is 0 Å². The molecule has 1 N–H and O–H groups in total. The molecule has 0 spiro atoms. The maximum Gasteiger partial charge on any atom is 0.0677 e. The van der Waals surface area contributed by atoms with E-state index in [4.69, 9.17) is 16.7 Å². The number of rotatable bonds is 8. The summed E-state index contributed by atoms with van der Waals surface area (Å²) in [5, 5.41) is 9.13. The van der Waals surface area contributed by atoms with Gasteiger partial charge in [0.15, 0.2) is 0 Å². The van der Waals surface area contributed by atoms with Crippen LogP contribution in [0.3, 0.4) is 0 Å². The molecule has 27 heavy (non-hydrogen) atoms. The van der Waals surface area contributed by atoms with E-state index < -0.39 is 0 Å². The summed E-state index contributed by atoms with van der Waals surface area (Å²) in [6, 6.07) is 7.99. The summed E-state index contributed by atoms with van der Waals surface area (Å²) in [7, 11) is 2.20. The van der Waals surface area contributed by atoms with Gasteiger partial charge in [-0.25, -0.2) is 0 Å². The lowest BCUT2D eigenvalue weighted by atomic mass is 10.2. The lowest BCUT2D eigenvalue weighted by Crippen LogP contribution is -2.45. The molecule has 6 heteroatoms. The number of hydrogen-bond acceptors (Lipinski definition) is 4. The van der Waals surface area contributed by atoms with Crippen LogP contribution in [0.4, 0.5) is 0 Å². The van der Waals surface area contributed by atoms with E-state index in [0.717, 1.165) is 35.9 Å². The van der Waals surface area contributed by atoms with Crippen LogP contribution in [0, 0.1) is 13.8 Å². The number of nitrogens with one attached hydrogen (secondary N) is 1. The highest BCUT2D eigenvalue weighted by atomic mass is 35.5. The Kier molecular flexibility index (Phi) is 7.30. The number of likely N-dealkylation sites (N-methyl/N-ethyl adjacent to an activating group) is 1. The Morgan fingerprint density at radius 3 is 2.59 bits per heavy atom. The minimum Gasteiger partial charge on any atom is -0.312 e. The molecule has 1 aromatic carbocycles. The molecule has 1 fully saturated rings. The third-order valence-corrected chi connectivity index (χ3v) is 5.90. The van der Waals surface area contributed by atoms with Gasteiger partial charge in [-0.2, -0.15) is 5.10 Å². The maximum absolute atomic E-state index is 6.30. The molecule has 1 saturated heterocycles. The molecule has 0 radical (unpaired) electrons. The first-order valence-electron chi connectivity index (χ1n) is 9.92. The van der Waals surface area contributed by atoms with Gasteiger partial charge in [-0.15, -0.1) is 0 Å². The molecule has 0 unspecified atom stereocenters. The molecule has 0 bridgehead atoms. The Balaban J connectivity index is 1.46. The molecule has 3 rings (SSSR count). The van der Waals surface area contributed by atoms with Crippen molar-refractivity contribution >= 4 is 11.6 Å². The highest BCUT2D eigenvalue weighted by molar-refractivity contribution is 6.31. The minimum absolute atomic E-state index is 0.718. The van der Waals surface area contributed by atoms with E-state index in [1.54, 1.807) is 0 Å². The van der Waals surface area contributed by atoms with Crippen LogP contribution < -0.4 is 5.32 Å². The van der Waals surface area contributed by atoms with E-state index in [0.29, 0.717) is 0 Å². The van der Waals surface area contributed by atoms with Gasteiger partial charge in [0.05, 0.1) is 12.2 Å². The summed E-state index contributed by atoms with van der Waals surface area (Å²) >= 11 is 6.30. The summed E-state index contributed by atoms with van der Waals surface area (Å²) < 4.78 is 2.07. The average molecular weight is 390 g/mol. The summed E-state index contributed by atoms with van der Waals surface area (Å²) in [5.74, 6) is 0. The molecule has 1 aromatic heterocycles. The Labute approximate surface area is 168 Å². The molecule has 148 valence electrons. The molecular weight excluding hydrogens is 358 g/mol. The van der Waals surface area contributed by atoms with Crippen LogP contribution in [0.5, 0.6) is 0 Å². The molecule has 1 aliphatic heterocycles. The molecule has 0 aliphatic carbocycles. The highest BCUT2D eigenvalue weighted by Gasteiger charge is 2.14. The zero-order valence-corrected chi connectivity index (χ0v) is 17.6. The van der Waals surface area contributed by atoms with Crippen LogP contribution in [-0.2, 0) is 13.1 Å². The molecule has 1 aliphatic rings. The second-order valence-electron chi connectivity index (χ2n) is 7.57. The normalized spacial score (nSPS) is 16.1. The third-order valence-electron chi connectivity index (χ3n) is 5.53. The number of hydrogen-bond donors (Lipinski definition) is 1. The van der Waals surface area contributed by atoms with Gasteiger partial charge in [0.2, 0.25) is 0 Å². The van der Waals surface area contributed by atoms with Crippen LogP contribution in [-0.4, -0.2) is 65.9 Å². The Morgan fingerprint density at radius 1 is 1.11 bits per heavy atom. The molecule has 0 atom stereocenters. The van der Waals surface area contributed by atoms with Crippen molar-refractivity contribution in [2.24, 2.45) is 0 Å². The summed E-state index contributed by atoms with van der Waals surface area (Å²) in [6.45, 7) is 12.8. The topological polar surface area (TPSA) is 36.3 Å². The van der Waals surface area contributed by atoms with Crippen molar-refractivity contribution in [3.8, 4) is 0 Å². The molecule has 2 heterocycles.